The summed E-state index contributed by atoms with van der Waals surface area (Å²) in [6, 6.07) is 0. The second-order valence-electron chi connectivity index (χ2n) is 2.59. The van der Waals surface area contributed by atoms with Crippen molar-refractivity contribution in [3.05, 3.63) is 11.1 Å². The first kappa shape index (κ1) is 11.3. The van der Waals surface area contributed by atoms with E-state index in [1.807, 2.05) is 0 Å². The molecule has 14 heavy (non-hydrogen) atoms. The van der Waals surface area contributed by atoms with Crippen LogP contribution in [0.1, 0.15) is 12.1 Å². The predicted molar refractivity (Wildman–Crippen MR) is 46.9 cm³/mol. The van der Waals surface area contributed by atoms with Crippen molar-refractivity contribution in [3.8, 4) is 0 Å². The molecule has 7 heteroatoms. The zero-order chi connectivity index (χ0) is 10.6. The summed E-state index contributed by atoms with van der Waals surface area (Å²) >= 11 is 1.23. The van der Waals surface area contributed by atoms with Gasteiger partial charge in [-0.25, -0.2) is 4.98 Å². The molecule has 3 nitrogen and oxygen atoms in total. The molecule has 0 aliphatic heterocycles. The third-order valence-electron chi connectivity index (χ3n) is 1.35. The minimum Gasteiger partial charge on any atom is -0.375 e. The Balaban J connectivity index is 2.16. The third kappa shape index (κ3) is 4.43. The van der Waals surface area contributed by atoms with Gasteiger partial charge in [-0.2, -0.15) is 13.2 Å². The van der Waals surface area contributed by atoms with Gasteiger partial charge >= 0.3 is 6.18 Å². The molecule has 1 aromatic heterocycles. The van der Waals surface area contributed by atoms with E-state index < -0.39 is 12.6 Å². The number of thiazole rings is 1. The van der Waals surface area contributed by atoms with E-state index in [9.17, 15) is 13.2 Å². The molecule has 0 aromatic carbocycles. The van der Waals surface area contributed by atoms with Gasteiger partial charge in [0.25, 0.3) is 0 Å². The zero-order valence-electron chi connectivity index (χ0n) is 7.17. The third-order valence-corrected chi connectivity index (χ3v) is 2.07. The van der Waals surface area contributed by atoms with E-state index in [2.05, 4.69) is 4.98 Å². The van der Waals surface area contributed by atoms with Gasteiger partial charge in [-0.15, -0.1) is 11.3 Å². The number of rotatable bonds is 4. The number of nitrogens with two attached hydrogens (primary N) is 1. The lowest BCUT2D eigenvalue weighted by atomic mass is 10.4. The summed E-state index contributed by atoms with van der Waals surface area (Å²) in [5.74, 6) is 0. The Morgan fingerprint density at radius 1 is 1.50 bits per heavy atom. The second-order valence-corrected chi connectivity index (χ2v) is 3.48. The molecule has 0 atom stereocenters. The van der Waals surface area contributed by atoms with Gasteiger partial charge in [-0.3, -0.25) is 0 Å². The maximum atomic E-state index is 11.7. The van der Waals surface area contributed by atoms with Crippen LogP contribution >= 0.6 is 11.3 Å². The van der Waals surface area contributed by atoms with Crippen molar-refractivity contribution in [1.82, 2.24) is 4.98 Å². The summed E-state index contributed by atoms with van der Waals surface area (Å²) < 4.78 is 39.8. The van der Waals surface area contributed by atoms with Crippen LogP contribution < -0.4 is 5.73 Å². The van der Waals surface area contributed by atoms with Crippen LogP contribution in [0.2, 0.25) is 0 Å². The van der Waals surface area contributed by atoms with Crippen molar-refractivity contribution in [2.24, 2.45) is 0 Å². The average molecular weight is 226 g/mol. The Morgan fingerprint density at radius 3 is 2.71 bits per heavy atom. The summed E-state index contributed by atoms with van der Waals surface area (Å²) in [7, 11) is 0. The number of hydrogen-bond acceptors (Lipinski definition) is 4. The van der Waals surface area contributed by atoms with Crippen molar-refractivity contribution in [2.45, 2.75) is 19.2 Å². The average Bonchev–Trinajstić information content (AvgIpc) is 2.44. The van der Waals surface area contributed by atoms with Crippen LogP contribution in [-0.2, 0) is 11.3 Å². The van der Waals surface area contributed by atoms with E-state index in [1.165, 1.54) is 11.3 Å². The number of hydrogen-bond donors (Lipinski definition) is 1. The van der Waals surface area contributed by atoms with Crippen LogP contribution in [0.25, 0.3) is 0 Å². The van der Waals surface area contributed by atoms with Crippen LogP contribution in [-0.4, -0.2) is 17.8 Å². The maximum Gasteiger partial charge on any atom is 0.391 e. The Labute approximate surface area is 82.7 Å². The van der Waals surface area contributed by atoms with E-state index >= 15 is 0 Å². The highest BCUT2D eigenvalue weighted by atomic mass is 32.1. The van der Waals surface area contributed by atoms with Crippen LogP contribution in [0, 0.1) is 0 Å². The predicted octanol–water partition coefficient (Wildman–Crippen LogP) is 2.19. The van der Waals surface area contributed by atoms with Gasteiger partial charge in [0.2, 0.25) is 0 Å². The molecule has 1 rings (SSSR count). The summed E-state index contributed by atoms with van der Waals surface area (Å²) in [6.45, 7) is -0.273. The number of halogens is 3. The highest BCUT2D eigenvalue weighted by molar-refractivity contribution is 7.13. The SMILES string of the molecule is Nc1nc(COCCC(F)(F)F)cs1. The molecule has 0 unspecified atom stereocenters. The molecule has 0 fully saturated rings. The fourth-order valence-corrected chi connectivity index (χ4v) is 1.30. The number of nitrogen functional groups attached to an aromatic ring is 1. The molecule has 0 spiro atoms. The van der Waals surface area contributed by atoms with Crippen LogP contribution in [0.4, 0.5) is 18.3 Å². The van der Waals surface area contributed by atoms with Crippen molar-refractivity contribution < 1.29 is 17.9 Å². The van der Waals surface area contributed by atoms with Gasteiger partial charge in [-0.05, 0) is 0 Å². The van der Waals surface area contributed by atoms with Gasteiger partial charge < -0.3 is 10.5 Å². The molecule has 2 N–H and O–H groups in total. The van der Waals surface area contributed by atoms with Gasteiger partial charge in [0.1, 0.15) is 0 Å². The van der Waals surface area contributed by atoms with Crippen molar-refractivity contribution in [2.75, 3.05) is 12.3 Å². The molecule has 1 aromatic rings. The minimum atomic E-state index is -4.17. The second kappa shape index (κ2) is 4.61. The first-order valence-electron chi connectivity index (χ1n) is 3.82. The van der Waals surface area contributed by atoms with Crippen molar-refractivity contribution in [3.63, 3.8) is 0 Å². The van der Waals surface area contributed by atoms with Gasteiger partial charge in [0.15, 0.2) is 5.13 Å². The number of ether oxygens (including phenoxy) is 1. The standard InChI is InChI=1S/C7H9F3N2OS/c8-7(9,10)1-2-13-3-5-4-14-6(11)12-5/h4H,1-3H2,(H2,11,12). The van der Waals surface area contributed by atoms with E-state index in [0.29, 0.717) is 10.8 Å². The summed E-state index contributed by atoms with van der Waals surface area (Å²) in [5, 5.41) is 2.04. The van der Waals surface area contributed by atoms with E-state index in [1.54, 1.807) is 5.38 Å². The summed E-state index contributed by atoms with van der Waals surface area (Å²) in [4.78, 5) is 3.83. The zero-order valence-corrected chi connectivity index (χ0v) is 7.99. The Hall–Kier alpha value is -0.820. The normalized spacial score (nSPS) is 11.9. The van der Waals surface area contributed by atoms with Crippen LogP contribution in [0.5, 0.6) is 0 Å². The van der Waals surface area contributed by atoms with Crippen LogP contribution in [0.3, 0.4) is 0 Å². The molecular weight excluding hydrogens is 217 g/mol. The molecule has 0 amide bonds. The highest BCUT2D eigenvalue weighted by Crippen LogP contribution is 2.19. The van der Waals surface area contributed by atoms with Crippen LogP contribution in [0.15, 0.2) is 5.38 Å². The molecule has 0 aliphatic rings. The first-order valence-corrected chi connectivity index (χ1v) is 4.70. The Kier molecular flexibility index (Phi) is 3.70. The van der Waals surface area contributed by atoms with E-state index in [4.69, 9.17) is 10.5 Å². The van der Waals surface area contributed by atoms with Gasteiger partial charge in [0, 0.05) is 5.38 Å². The minimum absolute atomic E-state index is 0.0732. The molecular formula is C7H9F3N2OS. The molecule has 0 saturated carbocycles. The number of alkyl halides is 3. The first-order chi connectivity index (χ1) is 6.47. The Morgan fingerprint density at radius 2 is 2.21 bits per heavy atom. The van der Waals surface area contributed by atoms with Gasteiger partial charge in [-0.1, -0.05) is 0 Å². The molecule has 0 bridgehead atoms. The molecule has 80 valence electrons. The lowest BCUT2D eigenvalue weighted by molar-refractivity contribution is -0.146. The summed E-state index contributed by atoms with van der Waals surface area (Å²) in [6.07, 6.45) is -5.10. The quantitative estimate of drug-likeness (QED) is 0.800. The molecule has 0 saturated heterocycles. The maximum absolute atomic E-state index is 11.7. The number of nitrogens with zero attached hydrogens (tertiary/aromatic N) is 1. The Bertz CT molecular complexity index is 287. The lowest BCUT2D eigenvalue weighted by Crippen LogP contribution is -2.11. The van der Waals surface area contributed by atoms with E-state index in [-0.39, 0.29) is 13.2 Å². The molecule has 1 heterocycles. The largest absolute Gasteiger partial charge is 0.391 e. The number of anilines is 1. The number of aromatic nitrogens is 1. The van der Waals surface area contributed by atoms with Crippen molar-refractivity contribution in [1.29, 1.82) is 0 Å². The monoisotopic (exact) mass is 226 g/mol. The molecule has 0 aliphatic carbocycles. The topological polar surface area (TPSA) is 48.1 Å². The highest BCUT2D eigenvalue weighted by Gasteiger charge is 2.26. The van der Waals surface area contributed by atoms with E-state index in [0.717, 1.165) is 0 Å². The molecule has 0 radical (unpaired) electrons. The lowest BCUT2D eigenvalue weighted by Gasteiger charge is -2.05. The van der Waals surface area contributed by atoms with Crippen molar-refractivity contribution >= 4 is 16.5 Å². The fourth-order valence-electron chi connectivity index (χ4n) is 0.754. The smallest absolute Gasteiger partial charge is 0.375 e. The summed E-state index contributed by atoms with van der Waals surface area (Å²) in [5.41, 5.74) is 5.89. The fraction of sp³-hybridized carbons (Fsp3) is 0.571. The van der Waals surface area contributed by atoms with Gasteiger partial charge in [0.05, 0.1) is 25.3 Å².